The Hall–Kier alpha value is -0.380. The van der Waals surface area contributed by atoms with Crippen LogP contribution in [0.2, 0.25) is 0 Å². The van der Waals surface area contributed by atoms with Gasteiger partial charge in [-0.25, -0.2) is 0 Å². The van der Waals surface area contributed by atoms with Crippen molar-refractivity contribution >= 4 is 11.3 Å². The summed E-state index contributed by atoms with van der Waals surface area (Å²) in [4.78, 5) is 4.01. The molecule has 1 unspecified atom stereocenters. The van der Waals surface area contributed by atoms with Gasteiger partial charge in [-0.05, 0) is 55.7 Å². The molecule has 2 nitrogen and oxygen atoms in total. The highest BCUT2D eigenvalue weighted by molar-refractivity contribution is 7.10. The molecule has 17 heavy (non-hydrogen) atoms. The zero-order valence-corrected chi connectivity index (χ0v) is 11.6. The molecule has 3 rings (SSSR count). The Balaban J connectivity index is 1.58. The number of rotatable bonds is 3. The third kappa shape index (κ3) is 2.28. The number of nitrogens with one attached hydrogen (secondary N) is 1. The van der Waals surface area contributed by atoms with Crippen molar-refractivity contribution in [1.82, 2.24) is 10.2 Å². The van der Waals surface area contributed by atoms with Gasteiger partial charge in [-0.3, -0.25) is 0 Å². The van der Waals surface area contributed by atoms with Gasteiger partial charge in [-0.1, -0.05) is 0 Å². The van der Waals surface area contributed by atoms with Crippen LogP contribution in [-0.4, -0.2) is 31.1 Å². The molecule has 0 aromatic carbocycles. The normalized spacial score (nSPS) is 33.2. The number of nitrogens with zero attached hydrogens (tertiary/aromatic N) is 1. The Bertz CT molecular complexity index is 387. The fourth-order valence-corrected chi connectivity index (χ4v) is 4.41. The topological polar surface area (TPSA) is 15.3 Å². The van der Waals surface area contributed by atoms with Gasteiger partial charge >= 0.3 is 0 Å². The molecule has 1 N–H and O–H groups in total. The summed E-state index contributed by atoms with van der Waals surface area (Å²) >= 11 is 1.89. The molecular weight excluding hydrogens is 228 g/mol. The van der Waals surface area contributed by atoms with Crippen LogP contribution in [0.1, 0.15) is 23.3 Å². The highest BCUT2D eigenvalue weighted by Crippen LogP contribution is 2.37. The van der Waals surface area contributed by atoms with E-state index in [1.165, 1.54) is 36.4 Å². The molecule has 1 aliphatic heterocycles. The average molecular weight is 250 g/mol. The van der Waals surface area contributed by atoms with Gasteiger partial charge in [0.05, 0.1) is 0 Å². The van der Waals surface area contributed by atoms with E-state index < -0.39 is 0 Å². The lowest BCUT2D eigenvalue weighted by atomic mass is 9.98. The quantitative estimate of drug-likeness (QED) is 0.886. The predicted octanol–water partition coefficient (Wildman–Crippen LogP) is 2.49. The SMILES string of the molecule is Cc1ccsc1CNC1CC[C@H]2CN(C)C[C@@H]12. The maximum Gasteiger partial charge on any atom is 0.0305 e. The molecule has 0 spiro atoms. The molecule has 3 heteroatoms. The predicted molar refractivity (Wildman–Crippen MR) is 73.4 cm³/mol. The van der Waals surface area contributed by atoms with E-state index >= 15 is 0 Å². The van der Waals surface area contributed by atoms with Gasteiger partial charge in [0.15, 0.2) is 0 Å². The average Bonchev–Trinajstić information content (AvgIpc) is 2.93. The molecule has 2 heterocycles. The van der Waals surface area contributed by atoms with Crippen molar-refractivity contribution < 1.29 is 0 Å². The Morgan fingerprint density at radius 2 is 2.29 bits per heavy atom. The summed E-state index contributed by atoms with van der Waals surface area (Å²) in [7, 11) is 2.26. The minimum atomic E-state index is 0.756. The summed E-state index contributed by atoms with van der Waals surface area (Å²) in [6.07, 6.45) is 2.81. The second kappa shape index (κ2) is 4.71. The fourth-order valence-electron chi connectivity index (χ4n) is 3.55. The monoisotopic (exact) mass is 250 g/mol. The van der Waals surface area contributed by atoms with Gasteiger partial charge in [-0.15, -0.1) is 11.3 Å². The number of likely N-dealkylation sites (tertiary alicyclic amines) is 1. The van der Waals surface area contributed by atoms with E-state index in [-0.39, 0.29) is 0 Å². The third-order valence-corrected chi connectivity index (χ3v) is 5.56. The molecule has 0 radical (unpaired) electrons. The fraction of sp³-hybridized carbons (Fsp3) is 0.714. The van der Waals surface area contributed by atoms with E-state index in [2.05, 4.69) is 35.6 Å². The van der Waals surface area contributed by atoms with Crippen molar-refractivity contribution in [2.24, 2.45) is 11.8 Å². The minimum Gasteiger partial charge on any atom is -0.309 e. The van der Waals surface area contributed by atoms with E-state index in [4.69, 9.17) is 0 Å². The summed E-state index contributed by atoms with van der Waals surface area (Å²) in [6, 6.07) is 2.98. The molecule has 2 fully saturated rings. The molecule has 1 aliphatic carbocycles. The van der Waals surface area contributed by atoms with Crippen molar-refractivity contribution in [2.75, 3.05) is 20.1 Å². The highest BCUT2D eigenvalue weighted by Gasteiger charge is 2.40. The molecule has 0 bridgehead atoms. The van der Waals surface area contributed by atoms with E-state index in [9.17, 15) is 0 Å². The van der Waals surface area contributed by atoms with Crippen molar-refractivity contribution in [3.05, 3.63) is 21.9 Å². The Morgan fingerprint density at radius 3 is 3.06 bits per heavy atom. The first kappa shape index (κ1) is 11.7. The van der Waals surface area contributed by atoms with Crippen LogP contribution in [0.25, 0.3) is 0 Å². The van der Waals surface area contributed by atoms with E-state index in [0.717, 1.165) is 24.4 Å². The van der Waals surface area contributed by atoms with Crippen molar-refractivity contribution in [3.63, 3.8) is 0 Å². The van der Waals surface area contributed by atoms with Gasteiger partial charge in [0.1, 0.15) is 0 Å². The summed E-state index contributed by atoms with van der Waals surface area (Å²) in [5.41, 5.74) is 1.44. The zero-order valence-electron chi connectivity index (χ0n) is 10.8. The largest absolute Gasteiger partial charge is 0.309 e. The van der Waals surface area contributed by atoms with Crippen LogP contribution in [-0.2, 0) is 6.54 Å². The first-order chi connectivity index (χ1) is 8.24. The summed E-state index contributed by atoms with van der Waals surface area (Å²) in [5.74, 6) is 1.86. The summed E-state index contributed by atoms with van der Waals surface area (Å²) in [6.45, 7) is 5.90. The van der Waals surface area contributed by atoms with E-state index in [0.29, 0.717) is 0 Å². The second-order valence-corrected chi connectivity index (χ2v) is 6.74. The smallest absolute Gasteiger partial charge is 0.0305 e. The van der Waals surface area contributed by atoms with Crippen LogP contribution < -0.4 is 5.32 Å². The van der Waals surface area contributed by atoms with Crippen LogP contribution in [0.3, 0.4) is 0 Å². The van der Waals surface area contributed by atoms with Crippen molar-refractivity contribution in [3.8, 4) is 0 Å². The second-order valence-electron chi connectivity index (χ2n) is 5.74. The molecule has 2 aliphatic rings. The van der Waals surface area contributed by atoms with Gasteiger partial charge in [-0.2, -0.15) is 0 Å². The summed E-state index contributed by atoms with van der Waals surface area (Å²) < 4.78 is 0. The molecule has 3 atom stereocenters. The number of hydrogen-bond acceptors (Lipinski definition) is 3. The van der Waals surface area contributed by atoms with Crippen LogP contribution in [0.15, 0.2) is 11.4 Å². The van der Waals surface area contributed by atoms with Crippen LogP contribution >= 0.6 is 11.3 Å². The third-order valence-electron chi connectivity index (χ3n) is 4.53. The van der Waals surface area contributed by atoms with Crippen LogP contribution in [0.5, 0.6) is 0 Å². The molecule has 0 amide bonds. The van der Waals surface area contributed by atoms with Gasteiger partial charge < -0.3 is 10.2 Å². The first-order valence-electron chi connectivity index (χ1n) is 6.69. The number of aryl methyl sites for hydroxylation is 1. The lowest BCUT2D eigenvalue weighted by molar-refractivity contribution is 0.343. The maximum absolute atomic E-state index is 3.80. The molecule has 1 saturated heterocycles. The lowest BCUT2D eigenvalue weighted by Crippen LogP contribution is -2.34. The molecule has 1 saturated carbocycles. The Morgan fingerprint density at radius 1 is 1.41 bits per heavy atom. The lowest BCUT2D eigenvalue weighted by Gasteiger charge is -2.20. The number of thiophene rings is 1. The number of fused-ring (bicyclic) bond motifs is 1. The zero-order chi connectivity index (χ0) is 11.8. The maximum atomic E-state index is 3.80. The van der Waals surface area contributed by atoms with E-state index in [1.807, 2.05) is 11.3 Å². The van der Waals surface area contributed by atoms with Crippen LogP contribution in [0, 0.1) is 18.8 Å². The van der Waals surface area contributed by atoms with Crippen molar-refractivity contribution in [2.45, 2.75) is 32.4 Å². The van der Waals surface area contributed by atoms with Gasteiger partial charge in [0.2, 0.25) is 0 Å². The Kier molecular flexibility index (Phi) is 3.24. The standard InChI is InChI=1S/C14H22N2S/c1-10-5-6-17-14(10)7-15-13-4-3-11-8-16(2)9-12(11)13/h5-6,11-13,15H,3-4,7-9H2,1-2H3/t11-,12+,13?/m0/s1. The van der Waals surface area contributed by atoms with Crippen LogP contribution in [0.4, 0.5) is 0 Å². The highest BCUT2D eigenvalue weighted by atomic mass is 32.1. The summed E-state index contributed by atoms with van der Waals surface area (Å²) in [5, 5.41) is 6.00. The molecule has 94 valence electrons. The first-order valence-corrected chi connectivity index (χ1v) is 7.57. The van der Waals surface area contributed by atoms with E-state index in [1.54, 1.807) is 0 Å². The van der Waals surface area contributed by atoms with Crippen molar-refractivity contribution in [1.29, 1.82) is 0 Å². The molecule has 1 aromatic rings. The number of hydrogen-bond donors (Lipinski definition) is 1. The Labute approximate surface area is 108 Å². The minimum absolute atomic E-state index is 0.756. The molecular formula is C14H22N2S. The van der Waals surface area contributed by atoms with Gasteiger partial charge in [0.25, 0.3) is 0 Å². The molecule has 1 aromatic heterocycles. The van der Waals surface area contributed by atoms with Gasteiger partial charge in [0, 0.05) is 30.6 Å².